The van der Waals surface area contributed by atoms with E-state index in [1.165, 1.54) is 0 Å². The number of nitrogens with one attached hydrogen (secondary N) is 1. The summed E-state index contributed by atoms with van der Waals surface area (Å²) in [5.41, 5.74) is 1.79. The average Bonchev–Trinajstić information content (AvgIpc) is 3.05. The highest BCUT2D eigenvalue weighted by Gasteiger charge is 2.30. The lowest BCUT2D eigenvalue weighted by molar-refractivity contribution is 0.0785. The highest BCUT2D eigenvalue weighted by atomic mass is 16.2. The number of carbonyl (C=O) groups is 1. The largest absolute Gasteiger partial charge is 0.361 e. The third-order valence-corrected chi connectivity index (χ3v) is 3.22. The molecule has 0 bridgehead atoms. The second kappa shape index (κ2) is 3.37. The third-order valence-electron chi connectivity index (χ3n) is 3.22. The molecule has 0 radical (unpaired) electrons. The smallest absolute Gasteiger partial charge is 0.253 e. The van der Waals surface area contributed by atoms with Crippen LogP contribution < -0.4 is 0 Å². The van der Waals surface area contributed by atoms with Gasteiger partial charge in [-0.3, -0.25) is 4.79 Å². The van der Waals surface area contributed by atoms with Gasteiger partial charge in [-0.2, -0.15) is 0 Å². The van der Waals surface area contributed by atoms with Crippen molar-refractivity contribution in [1.29, 1.82) is 0 Å². The molecule has 82 valence electrons. The fourth-order valence-corrected chi connectivity index (χ4v) is 2.01. The van der Waals surface area contributed by atoms with Crippen LogP contribution in [0.25, 0.3) is 10.9 Å². The fraction of sp³-hybridized carbons (Fsp3) is 0.308. The quantitative estimate of drug-likeness (QED) is 0.818. The van der Waals surface area contributed by atoms with Crippen LogP contribution in [0, 0.1) is 0 Å². The number of H-pyrrole nitrogens is 1. The maximum absolute atomic E-state index is 12.1. The first-order valence-corrected chi connectivity index (χ1v) is 5.60. The molecule has 1 heterocycles. The van der Waals surface area contributed by atoms with E-state index in [0.29, 0.717) is 6.04 Å². The summed E-state index contributed by atoms with van der Waals surface area (Å²) in [4.78, 5) is 17.1. The first kappa shape index (κ1) is 9.46. The van der Waals surface area contributed by atoms with Crippen LogP contribution in [0.3, 0.4) is 0 Å². The fourth-order valence-electron chi connectivity index (χ4n) is 2.01. The molecule has 1 aliphatic rings. The third kappa shape index (κ3) is 1.48. The number of fused-ring (bicyclic) bond motifs is 1. The molecule has 0 spiro atoms. The van der Waals surface area contributed by atoms with Crippen LogP contribution >= 0.6 is 0 Å². The molecule has 0 aliphatic heterocycles. The molecular weight excluding hydrogens is 200 g/mol. The van der Waals surface area contributed by atoms with Gasteiger partial charge in [0.2, 0.25) is 0 Å². The SMILES string of the molecule is CN(C(=O)c1ccc2cc[nH]c2c1)C1CC1. The van der Waals surface area contributed by atoms with Crippen LogP contribution in [-0.2, 0) is 0 Å². The van der Waals surface area contributed by atoms with Crippen molar-refractivity contribution in [3.8, 4) is 0 Å². The van der Waals surface area contributed by atoms with Gasteiger partial charge in [-0.25, -0.2) is 0 Å². The minimum atomic E-state index is 0.124. The van der Waals surface area contributed by atoms with Crippen LogP contribution in [0.4, 0.5) is 0 Å². The van der Waals surface area contributed by atoms with E-state index >= 15 is 0 Å². The molecule has 0 saturated heterocycles. The Labute approximate surface area is 94.1 Å². The number of aromatic amines is 1. The molecule has 1 amide bonds. The molecule has 0 atom stereocenters. The van der Waals surface area contributed by atoms with Gasteiger partial charge in [-0.15, -0.1) is 0 Å². The molecule has 1 saturated carbocycles. The van der Waals surface area contributed by atoms with Crippen molar-refractivity contribution in [2.45, 2.75) is 18.9 Å². The molecule has 2 aromatic rings. The van der Waals surface area contributed by atoms with Gasteiger partial charge >= 0.3 is 0 Å². The lowest BCUT2D eigenvalue weighted by atomic mass is 10.1. The van der Waals surface area contributed by atoms with E-state index in [0.717, 1.165) is 29.3 Å². The highest BCUT2D eigenvalue weighted by Crippen LogP contribution is 2.27. The molecule has 3 heteroatoms. The molecule has 0 unspecified atom stereocenters. The van der Waals surface area contributed by atoms with Crippen molar-refractivity contribution in [1.82, 2.24) is 9.88 Å². The van der Waals surface area contributed by atoms with E-state index in [2.05, 4.69) is 4.98 Å². The Bertz CT molecular complexity index is 540. The Morgan fingerprint density at radius 2 is 2.19 bits per heavy atom. The van der Waals surface area contributed by atoms with Crippen molar-refractivity contribution in [3.05, 3.63) is 36.0 Å². The summed E-state index contributed by atoms with van der Waals surface area (Å²) in [6.45, 7) is 0. The van der Waals surface area contributed by atoms with Gasteiger partial charge in [0.15, 0.2) is 0 Å². The first-order chi connectivity index (χ1) is 7.75. The number of nitrogens with zero attached hydrogens (tertiary/aromatic N) is 1. The molecule has 3 nitrogen and oxygen atoms in total. The van der Waals surface area contributed by atoms with Crippen LogP contribution in [0.1, 0.15) is 23.2 Å². The monoisotopic (exact) mass is 214 g/mol. The summed E-state index contributed by atoms with van der Waals surface area (Å²) < 4.78 is 0. The number of rotatable bonds is 2. The molecule has 1 aliphatic carbocycles. The van der Waals surface area contributed by atoms with E-state index in [1.807, 2.05) is 42.4 Å². The Balaban J connectivity index is 1.94. The molecule has 1 fully saturated rings. The zero-order valence-electron chi connectivity index (χ0n) is 9.23. The first-order valence-electron chi connectivity index (χ1n) is 5.60. The van der Waals surface area contributed by atoms with Crippen LogP contribution in [0.2, 0.25) is 0 Å². The number of aromatic nitrogens is 1. The van der Waals surface area contributed by atoms with Crippen molar-refractivity contribution < 1.29 is 4.79 Å². The number of benzene rings is 1. The number of hydrogen-bond acceptors (Lipinski definition) is 1. The Hall–Kier alpha value is -1.77. The van der Waals surface area contributed by atoms with Crippen molar-refractivity contribution in [3.63, 3.8) is 0 Å². The van der Waals surface area contributed by atoms with E-state index in [-0.39, 0.29) is 5.91 Å². The van der Waals surface area contributed by atoms with Gasteiger partial charge in [0, 0.05) is 30.4 Å². The van der Waals surface area contributed by atoms with Gasteiger partial charge in [0.05, 0.1) is 0 Å². The van der Waals surface area contributed by atoms with E-state index in [9.17, 15) is 4.79 Å². The lowest BCUT2D eigenvalue weighted by Crippen LogP contribution is -2.28. The Morgan fingerprint density at radius 3 is 2.94 bits per heavy atom. The molecule has 1 aromatic carbocycles. The standard InChI is InChI=1S/C13H14N2O/c1-15(11-4-5-11)13(16)10-3-2-9-6-7-14-12(9)8-10/h2-3,6-8,11,14H,4-5H2,1H3. The summed E-state index contributed by atoms with van der Waals surface area (Å²) in [5.74, 6) is 0.124. The van der Waals surface area contributed by atoms with Crippen molar-refractivity contribution >= 4 is 16.8 Å². The molecule has 1 aromatic heterocycles. The van der Waals surface area contributed by atoms with Crippen LogP contribution in [-0.4, -0.2) is 28.9 Å². The Kier molecular flexibility index (Phi) is 1.99. The summed E-state index contributed by atoms with van der Waals surface area (Å²) in [5, 5.41) is 1.14. The second-order valence-electron chi connectivity index (χ2n) is 4.43. The van der Waals surface area contributed by atoms with Gasteiger partial charge in [0.1, 0.15) is 0 Å². The second-order valence-corrected chi connectivity index (χ2v) is 4.43. The summed E-state index contributed by atoms with van der Waals surface area (Å²) in [6, 6.07) is 8.29. The minimum Gasteiger partial charge on any atom is -0.361 e. The summed E-state index contributed by atoms with van der Waals surface area (Å²) >= 11 is 0. The zero-order chi connectivity index (χ0) is 11.1. The van der Waals surface area contributed by atoms with Gasteiger partial charge < -0.3 is 9.88 Å². The molecule has 3 rings (SSSR count). The van der Waals surface area contributed by atoms with Crippen molar-refractivity contribution in [2.24, 2.45) is 0 Å². The Morgan fingerprint density at radius 1 is 1.38 bits per heavy atom. The summed E-state index contributed by atoms with van der Waals surface area (Å²) in [6.07, 6.45) is 4.18. The lowest BCUT2D eigenvalue weighted by Gasteiger charge is -2.16. The predicted octanol–water partition coefficient (Wildman–Crippen LogP) is 2.40. The van der Waals surface area contributed by atoms with E-state index in [4.69, 9.17) is 0 Å². The summed E-state index contributed by atoms with van der Waals surface area (Å²) in [7, 11) is 1.89. The maximum Gasteiger partial charge on any atom is 0.253 e. The highest BCUT2D eigenvalue weighted by molar-refractivity contribution is 5.98. The van der Waals surface area contributed by atoms with Crippen LogP contribution in [0.5, 0.6) is 0 Å². The number of amides is 1. The van der Waals surface area contributed by atoms with E-state index in [1.54, 1.807) is 0 Å². The number of hydrogen-bond donors (Lipinski definition) is 1. The van der Waals surface area contributed by atoms with Gasteiger partial charge in [-0.1, -0.05) is 6.07 Å². The molecule has 16 heavy (non-hydrogen) atoms. The minimum absolute atomic E-state index is 0.124. The molecular formula is C13H14N2O. The van der Waals surface area contributed by atoms with Gasteiger partial charge in [-0.05, 0) is 36.4 Å². The molecule has 1 N–H and O–H groups in total. The van der Waals surface area contributed by atoms with E-state index < -0.39 is 0 Å². The van der Waals surface area contributed by atoms with Gasteiger partial charge in [0.25, 0.3) is 5.91 Å². The normalized spacial score (nSPS) is 15.3. The van der Waals surface area contributed by atoms with Crippen LogP contribution in [0.15, 0.2) is 30.5 Å². The predicted molar refractivity (Wildman–Crippen MR) is 63.4 cm³/mol. The number of carbonyl (C=O) groups excluding carboxylic acids is 1. The maximum atomic E-state index is 12.1. The average molecular weight is 214 g/mol. The van der Waals surface area contributed by atoms with Crippen molar-refractivity contribution in [2.75, 3.05) is 7.05 Å². The topological polar surface area (TPSA) is 36.1 Å². The zero-order valence-corrected chi connectivity index (χ0v) is 9.23.